The number of nitrogens with one attached hydrogen (secondary N) is 1. The molecule has 0 unspecified atom stereocenters. The van der Waals surface area contributed by atoms with Gasteiger partial charge in [-0.2, -0.15) is 5.10 Å². The van der Waals surface area contributed by atoms with Crippen LogP contribution < -0.4 is 0 Å². The molecule has 6 heteroatoms. The molecule has 0 saturated heterocycles. The fourth-order valence-electron chi connectivity index (χ4n) is 1.19. The molecule has 2 heterocycles. The first-order chi connectivity index (χ1) is 7.18. The van der Waals surface area contributed by atoms with Crippen LogP contribution in [0, 0.1) is 0 Å². The molecular weight excluding hydrogens is 218 g/mol. The zero-order valence-corrected chi connectivity index (χ0v) is 8.19. The number of pyridine rings is 1. The van der Waals surface area contributed by atoms with Crippen LogP contribution in [0.25, 0.3) is 11.3 Å². The van der Waals surface area contributed by atoms with Crippen molar-refractivity contribution in [1.29, 1.82) is 0 Å². The molecule has 0 spiro atoms. The number of carboxylic acid groups (broad SMARTS) is 1. The summed E-state index contributed by atoms with van der Waals surface area (Å²) in [5, 5.41) is 15.5. The van der Waals surface area contributed by atoms with Gasteiger partial charge < -0.3 is 5.11 Å². The number of nitrogens with zero attached hydrogens (tertiary/aromatic N) is 2. The Hall–Kier alpha value is -1.88. The van der Waals surface area contributed by atoms with Crippen LogP contribution in [0.4, 0.5) is 0 Å². The van der Waals surface area contributed by atoms with Crippen molar-refractivity contribution in [2.75, 3.05) is 0 Å². The molecule has 0 radical (unpaired) electrons. The Morgan fingerprint density at radius 3 is 2.80 bits per heavy atom. The third-order valence-electron chi connectivity index (χ3n) is 1.89. The number of halogens is 1. The topological polar surface area (TPSA) is 78.9 Å². The molecule has 76 valence electrons. The van der Waals surface area contributed by atoms with Gasteiger partial charge in [-0.05, 0) is 12.1 Å². The molecule has 0 aliphatic rings. The molecule has 0 atom stereocenters. The summed E-state index contributed by atoms with van der Waals surface area (Å²) in [6.45, 7) is 0. The molecular formula is C9H6ClN3O2. The smallest absolute Gasteiger partial charge is 0.339 e. The SMILES string of the molecule is O=C(O)c1cn[nH]c1-c1ccc(Cl)nc1. The normalized spacial score (nSPS) is 10.2. The molecule has 0 aromatic carbocycles. The van der Waals surface area contributed by atoms with Gasteiger partial charge in [0.2, 0.25) is 0 Å². The van der Waals surface area contributed by atoms with Gasteiger partial charge in [-0.3, -0.25) is 5.10 Å². The van der Waals surface area contributed by atoms with Crippen molar-refractivity contribution in [2.24, 2.45) is 0 Å². The van der Waals surface area contributed by atoms with Crippen LogP contribution in [0.2, 0.25) is 5.15 Å². The van der Waals surface area contributed by atoms with Crippen molar-refractivity contribution in [1.82, 2.24) is 15.2 Å². The first-order valence-electron chi connectivity index (χ1n) is 4.07. The number of aromatic nitrogens is 3. The van der Waals surface area contributed by atoms with E-state index in [1.165, 1.54) is 12.4 Å². The van der Waals surface area contributed by atoms with Crippen LogP contribution in [0.5, 0.6) is 0 Å². The highest BCUT2D eigenvalue weighted by Gasteiger charge is 2.13. The van der Waals surface area contributed by atoms with Gasteiger partial charge in [-0.15, -0.1) is 0 Å². The Morgan fingerprint density at radius 2 is 2.20 bits per heavy atom. The Labute approximate surface area is 89.7 Å². The molecule has 0 bridgehead atoms. The first-order valence-corrected chi connectivity index (χ1v) is 4.45. The van der Waals surface area contributed by atoms with Crippen LogP contribution in [0.15, 0.2) is 24.5 Å². The Kier molecular flexibility index (Phi) is 2.39. The van der Waals surface area contributed by atoms with E-state index in [0.29, 0.717) is 16.4 Å². The van der Waals surface area contributed by atoms with Crippen LogP contribution in [-0.2, 0) is 0 Å². The summed E-state index contributed by atoms with van der Waals surface area (Å²) in [5.74, 6) is -1.03. The Balaban J connectivity index is 2.49. The van der Waals surface area contributed by atoms with Gasteiger partial charge in [0, 0.05) is 11.8 Å². The van der Waals surface area contributed by atoms with Gasteiger partial charge in [0.25, 0.3) is 0 Å². The van der Waals surface area contributed by atoms with E-state index in [0.717, 1.165) is 0 Å². The van der Waals surface area contributed by atoms with Crippen molar-refractivity contribution in [2.45, 2.75) is 0 Å². The standard InChI is InChI=1S/C9H6ClN3O2/c10-7-2-1-5(3-11-7)8-6(9(14)15)4-12-13-8/h1-4H,(H,12,13)(H,14,15). The van der Waals surface area contributed by atoms with E-state index in [1.807, 2.05) is 0 Å². The summed E-state index contributed by atoms with van der Waals surface area (Å²) in [7, 11) is 0. The predicted molar refractivity (Wildman–Crippen MR) is 53.8 cm³/mol. The van der Waals surface area contributed by atoms with Crippen molar-refractivity contribution >= 4 is 17.6 Å². The summed E-state index contributed by atoms with van der Waals surface area (Å²) in [5.41, 5.74) is 1.17. The van der Waals surface area contributed by atoms with Gasteiger partial charge in [0.05, 0.1) is 11.9 Å². The number of carboxylic acids is 1. The van der Waals surface area contributed by atoms with Crippen LogP contribution in [0.1, 0.15) is 10.4 Å². The average Bonchev–Trinajstić information content (AvgIpc) is 2.67. The highest BCUT2D eigenvalue weighted by Crippen LogP contribution is 2.21. The van der Waals surface area contributed by atoms with Crippen molar-refractivity contribution in [3.63, 3.8) is 0 Å². The molecule has 0 fully saturated rings. The second kappa shape index (κ2) is 3.70. The van der Waals surface area contributed by atoms with Gasteiger partial charge in [0.15, 0.2) is 0 Å². The molecule has 0 saturated carbocycles. The highest BCUT2D eigenvalue weighted by atomic mass is 35.5. The van der Waals surface area contributed by atoms with Gasteiger partial charge in [-0.1, -0.05) is 11.6 Å². The minimum absolute atomic E-state index is 0.110. The Morgan fingerprint density at radius 1 is 1.40 bits per heavy atom. The lowest BCUT2D eigenvalue weighted by Crippen LogP contribution is -1.96. The van der Waals surface area contributed by atoms with Crippen molar-refractivity contribution in [3.8, 4) is 11.3 Å². The zero-order valence-electron chi connectivity index (χ0n) is 7.44. The van der Waals surface area contributed by atoms with E-state index in [4.69, 9.17) is 16.7 Å². The number of hydrogen-bond donors (Lipinski definition) is 2. The number of aromatic carboxylic acids is 1. The average molecular weight is 224 g/mol. The van der Waals surface area contributed by atoms with Crippen LogP contribution >= 0.6 is 11.6 Å². The second-order valence-corrected chi connectivity index (χ2v) is 3.22. The molecule has 2 aromatic heterocycles. The number of hydrogen-bond acceptors (Lipinski definition) is 3. The van der Waals surface area contributed by atoms with E-state index >= 15 is 0 Å². The van der Waals surface area contributed by atoms with Gasteiger partial charge in [0.1, 0.15) is 10.7 Å². The Bertz CT molecular complexity index is 492. The number of aromatic amines is 1. The lowest BCUT2D eigenvalue weighted by Gasteiger charge is -1.98. The second-order valence-electron chi connectivity index (χ2n) is 2.83. The lowest BCUT2D eigenvalue weighted by atomic mass is 10.1. The fourth-order valence-corrected chi connectivity index (χ4v) is 1.30. The van der Waals surface area contributed by atoms with E-state index in [9.17, 15) is 4.79 Å². The third kappa shape index (κ3) is 1.82. The van der Waals surface area contributed by atoms with Crippen LogP contribution in [-0.4, -0.2) is 26.3 Å². The molecule has 0 aliphatic heterocycles. The molecule has 2 N–H and O–H groups in total. The lowest BCUT2D eigenvalue weighted by molar-refractivity contribution is 0.0698. The monoisotopic (exact) mass is 223 g/mol. The molecule has 15 heavy (non-hydrogen) atoms. The summed E-state index contributed by atoms with van der Waals surface area (Å²) in [4.78, 5) is 14.7. The van der Waals surface area contributed by atoms with Crippen molar-refractivity contribution in [3.05, 3.63) is 35.2 Å². The molecule has 0 aliphatic carbocycles. The molecule has 0 amide bonds. The van der Waals surface area contributed by atoms with Gasteiger partial charge in [-0.25, -0.2) is 9.78 Å². The van der Waals surface area contributed by atoms with Crippen LogP contribution in [0.3, 0.4) is 0 Å². The minimum Gasteiger partial charge on any atom is -0.478 e. The summed E-state index contributed by atoms with van der Waals surface area (Å²) < 4.78 is 0. The number of rotatable bonds is 2. The zero-order chi connectivity index (χ0) is 10.8. The van der Waals surface area contributed by atoms with E-state index in [1.54, 1.807) is 12.1 Å². The molecule has 2 rings (SSSR count). The maximum Gasteiger partial charge on any atom is 0.339 e. The van der Waals surface area contributed by atoms with E-state index in [-0.39, 0.29) is 5.56 Å². The highest BCUT2D eigenvalue weighted by molar-refractivity contribution is 6.29. The first kappa shape index (κ1) is 9.67. The maximum atomic E-state index is 10.8. The fraction of sp³-hybridized carbons (Fsp3) is 0. The van der Waals surface area contributed by atoms with E-state index < -0.39 is 5.97 Å². The molecule has 5 nitrogen and oxygen atoms in total. The largest absolute Gasteiger partial charge is 0.478 e. The maximum absolute atomic E-state index is 10.8. The minimum atomic E-state index is -1.03. The number of carbonyl (C=O) groups is 1. The quantitative estimate of drug-likeness (QED) is 0.762. The summed E-state index contributed by atoms with van der Waals surface area (Å²) in [6.07, 6.45) is 2.74. The van der Waals surface area contributed by atoms with Gasteiger partial charge >= 0.3 is 5.97 Å². The summed E-state index contributed by atoms with van der Waals surface area (Å²) >= 11 is 5.62. The predicted octanol–water partition coefficient (Wildman–Crippen LogP) is 1.82. The molecule has 2 aromatic rings. The third-order valence-corrected chi connectivity index (χ3v) is 2.11. The van der Waals surface area contributed by atoms with Crippen molar-refractivity contribution < 1.29 is 9.90 Å². The summed E-state index contributed by atoms with van der Waals surface area (Å²) in [6, 6.07) is 3.26. The number of H-pyrrole nitrogens is 1. The van der Waals surface area contributed by atoms with E-state index in [2.05, 4.69) is 15.2 Å².